The third-order valence-corrected chi connectivity index (χ3v) is 18.6. The maximum absolute atomic E-state index is 6.85. The molecule has 342 valence electrons. The molecule has 0 atom stereocenters. The lowest BCUT2D eigenvalue weighted by atomic mass is 9.44. The molecule has 0 unspecified atom stereocenters. The van der Waals surface area contributed by atoms with Crippen molar-refractivity contribution in [3.8, 4) is 39.1 Å². The lowest BCUT2D eigenvalue weighted by molar-refractivity contribution is 0.331. The van der Waals surface area contributed by atoms with Gasteiger partial charge in [-0.1, -0.05) is 149 Å². The number of benzene rings is 8. The highest BCUT2D eigenvalue weighted by molar-refractivity contribution is 6.94. The molecule has 8 aromatic carbocycles. The number of fused-ring (bicyclic) bond motifs is 18. The van der Waals surface area contributed by atoms with Crippen LogP contribution in [0, 0.1) is 0 Å². The van der Waals surface area contributed by atoms with Crippen LogP contribution >= 0.6 is 0 Å². The van der Waals surface area contributed by atoms with Crippen molar-refractivity contribution in [1.82, 2.24) is 4.57 Å². The summed E-state index contributed by atoms with van der Waals surface area (Å²) >= 11 is 0. The van der Waals surface area contributed by atoms with Crippen molar-refractivity contribution in [2.24, 2.45) is 0 Å². The van der Waals surface area contributed by atoms with Crippen LogP contribution in [0.5, 0.6) is 0 Å². The first kappa shape index (κ1) is 41.0. The number of anilines is 2. The fraction of sp³-hybridized carbons (Fsp3) is 0.273. The first-order chi connectivity index (χ1) is 33.3. The molecular formula is C66H59BN2O. The van der Waals surface area contributed by atoms with Crippen molar-refractivity contribution in [3.63, 3.8) is 0 Å². The standard InChI is InChI=1S/C66H59BN2O/c1-62(2,3)36-20-22-37(23-21-36)69-56-32-44-42-28-52-53(64(6,7)27-26-63(52,4)5)34-51(42)66(10,11)50(44)29-45(56)40-24-25-41-46-30-49-43(38-16-12-14-18-48(38)65(49,8)9)31-55(46)68-57-33-47-39-17-13-15-19-58(39)70-59(47)35-54(57)67(69)60(40)61(41)68/h12-25,28-35H,26-27H2,1-11H3. The second kappa shape index (κ2) is 12.8. The minimum absolute atomic E-state index is 0.0231. The molecule has 70 heavy (non-hydrogen) atoms. The molecule has 3 nitrogen and oxygen atoms in total. The molecule has 4 heterocycles. The summed E-state index contributed by atoms with van der Waals surface area (Å²) in [5, 5.41) is 4.93. The molecule has 0 N–H and O–H groups in total. The summed E-state index contributed by atoms with van der Waals surface area (Å²) in [6.45, 7) is 26.5. The van der Waals surface area contributed by atoms with Gasteiger partial charge in [0.2, 0.25) is 0 Å². The first-order valence-electron chi connectivity index (χ1n) is 25.8. The predicted molar refractivity (Wildman–Crippen MR) is 296 cm³/mol. The van der Waals surface area contributed by atoms with Crippen molar-refractivity contribution in [1.29, 1.82) is 0 Å². The molecular weight excluding hydrogens is 848 g/mol. The zero-order chi connectivity index (χ0) is 47.9. The number of aromatic nitrogens is 1. The molecule has 2 aromatic heterocycles. The minimum Gasteiger partial charge on any atom is -0.456 e. The summed E-state index contributed by atoms with van der Waals surface area (Å²) in [5.74, 6) is 0. The SMILES string of the molecule is CC(C)(C)c1ccc(N2B3c4cc5oc6ccccc6c5cc4-n4c5cc6c(cc5c5ccc(c3c54)-c3cc4c(cc32)-c2cc3c(cc2C4(C)C)C(C)(C)CCC3(C)C)C(C)(C)c2ccccc2-6)cc1. The normalized spacial score (nSPS) is 17.9. The zero-order valence-electron chi connectivity index (χ0n) is 42.5. The second-order valence-corrected chi connectivity index (χ2v) is 25.2. The van der Waals surface area contributed by atoms with Crippen LogP contribution < -0.4 is 15.7 Å². The smallest absolute Gasteiger partial charge is 0.333 e. The van der Waals surface area contributed by atoms with Crippen LogP contribution in [0.4, 0.5) is 11.4 Å². The van der Waals surface area contributed by atoms with E-state index < -0.39 is 0 Å². The van der Waals surface area contributed by atoms with E-state index in [1.54, 1.807) is 0 Å². The van der Waals surface area contributed by atoms with Gasteiger partial charge in [0.05, 0.1) is 11.0 Å². The molecule has 0 spiro atoms. The van der Waals surface area contributed by atoms with Gasteiger partial charge in [-0.25, -0.2) is 0 Å². The fourth-order valence-electron chi connectivity index (χ4n) is 14.5. The van der Waals surface area contributed by atoms with Gasteiger partial charge in [-0.2, -0.15) is 0 Å². The molecule has 0 radical (unpaired) electrons. The van der Waals surface area contributed by atoms with Gasteiger partial charge >= 0.3 is 6.85 Å². The fourth-order valence-corrected chi connectivity index (χ4v) is 14.5. The monoisotopic (exact) mass is 906 g/mol. The van der Waals surface area contributed by atoms with Gasteiger partial charge < -0.3 is 13.8 Å². The molecule has 0 saturated heterocycles. The van der Waals surface area contributed by atoms with Crippen LogP contribution in [0.25, 0.3) is 82.8 Å². The molecule has 10 aromatic rings. The molecule has 0 fully saturated rings. The van der Waals surface area contributed by atoms with E-state index in [1.807, 2.05) is 0 Å². The number of hydrogen-bond donors (Lipinski definition) is 0. The summed E-state index contributed by atoms with van der Waals surface area (Å²) < 4.78 is 9.50. The van der Waals surface area contributed by atoms with Gasteiger partial charge in [-0.3, -0.25) is 0 Å². The van der Waals surface area contributed by atoms with Gasteiger partial charge in [0.15, 0.2) is 0 Å². The van der Waals surface area contributed by atoms with Gasteiger partial charge in [0.1, 0.15) is 11.2 Å². The summed E-state index contributed by atoms with van der Waals surface area (Å²) in [7, 11) is 0. The Balaban J connectivity index is 1.08. The minimum atomic E-state index is -0.179. The largest absolute Gasteiger partial charge is 0.456 e. The highest BCUT2D eigenvalue weighted by Crippen LogP contribution is 2.58. The van der Waals surface area contributed by atoms with Crippen LogP contribution in [-0.4, -0.2) is 11.4 Å². The average Bonchev–Trinajstić information content (AvgIpc) is 4.00. The van der Waals surface area contributed by atoms with Crippen molar-refractivity contribution in [3.05, 3.63) is 172 Å². The van der Waals surface area contributed by atoms with Crippen LogP contribution in [-0.2, 0) is 27.1 Å². The van der Waals surface area contributed by atoms with Gasteiger partial charge in [0, 0.05) is 55.0 Å². The Hall–Kier alpha value is -6.78. The maximum Gasteiger partial charge on any atom is 0.333 e. The van der Waals surface area contributed by atoms with E-state index >= 15 is 0 Å². The summed E-state index contributed by atoms with van der Waals surface area (Å²) in [6, 6.07) is 52.5. The Morgan fingerprint density at radius 2 is 1.11 bits per heavy atom. The van der Waals surface area contributed by atoms with Gasteiger partial charge in [-0.05, 0) is 167 Å². The van der Waals surface area contributed by atoms with Crippen molar-refractivity contribution in [2.45, 2.75) is 116 Å². The molecule has 4 heteroatoms. The van der Waals surface area contributed by atoms with E-state index in [9.17, 15) is 0 Å². The highest BCUT2D eigenvalue weighted by Gasteiger charge is 2.48. The molecule has 15 rings (SSSR count). The lowest BCUT2D eigenvalue weighted by Crippen LogP contribution is -2.60. The van der Waals surface area contributed by atoms with Crippen LogP contribution in [0.1, 0.15) is 128 Å². The number of rotatable bonds is 1. The predicted octanol–water partition coefficient (Wildman–Crippen LogP) is 16.2. The topological polar surface area (TPSA) is 21.3 Å². The summed E-state index contributed by atoms with van der Waals surface area (Å²) in [5.41, 5.74) is 28.9. The van der Waals surface area contributed by atoms with Crippen molar-refractivity contribution in [2.75, 3.05) is 4.81 Å². The maximum atomic E-state index is 6.85. The van der Waals surface area contributed by atoms with Gasteiger partial charge in [0.25, 0.3) is 0 Å². The van der Waals surface area contributed by atoms with Crippen LogP contribution in [0.15, 0.2) is 138 Å². The molecule has 2 aliphatic heterocycles. The Kier molecular flexibility index (Phi) is 7.48. The van der Waals surface area contributed by atoms with Crippen molar-refractivity contribution >= 4 is 72.9 Å². The zero-order valence-corrected chi connectivity index (χ0v) is 42.5. The van der Waals surface area contributed by atoms with Gasteiger partial charge in [-0.15, -0.1) is 0 Å². The number of hydrogen-bond acceptors (Lipinski definition) is 2. The average molecular weight is 907 g/mol. The quantitative estimate of drug-likeness (QED) is 0.153. The highest BCUT2D eigenvalue weighted by atomic mass is 16.3. The van der Waals surface area contributed by atoms with Crippen molar-refractivity contribution < 1.29 is 4.42 Å². The van der Waals surface area contributed by atoms with E-state index in [-0.39, 0.29) is 33.9 Å². The Morgan fingerprint density at radius 1 is 0.471 bits per heavy atom. The van der Waals surface area contributed by atoms with E-state index in [0.717, 1.165) is 21.9 Å². The number of para-hydroxylation sites is 1. The summed E-state index contributed by atoms with van der Waals surface area (Å²) in [6.07, 6.45) is 2.40. The molecule has 3 aliphatic carbocycles. The van der Waals surface area contributed by atoms with E-state index in [1.165, 1.54) is 135 Å². The molecule has 0 amide bonds. The third-order valence-electron chi connectivity index (χ3n) is 18.6. The molecule has 0 bridgehead atoms. The number of nitrogens with zero attached hydrogens (tertiary/aromatic N) is 2. The summed E-state index contributed by atoms with van der Waals surface area (Å²) in [4.78, 5) is 2.72. The first-order valence-corrected chi connectivity index (χ1v) is 25.8. The Morgan fingerprint density at radius 3 is 1.89 bits per heavy atom. The van der Waals surface area contributed by atoms with E-state index in [4.69, 9.17) is 4.42 Å². The number of furan rings is 1. The van der Waals surface area contributed by atoms with Crippen LogP contribution in [0.3, 0.4) is 0 Å². The van der Waals surface area contributed by atoms with Crippen LogP contribution in [0.2, 0.25) is 0 Å². The Labute approximate surface area is 412 Å². The van der Waals surface area contributed by atoms with E-state index in [0.29, 0.717) is 0 Å². The Bertz CT molecular complexity index is 4050. The van der Waals surface area contributed by atoms with E-state index in [2.05, 4.69) is 219 Å². The second-order valence-electron chi connectivity index (χ2n) is 25.2. The lowest BCUT2D eigenvalue weighted by Gasteiger charge is -2.42. The molecule has 5 aliphatic rings. The third kappa shape index (κ3) is 4.98. The molecule has 0 saturated carbocycles.